The van der Waals surface area contributed by atoms with Crippen molar-refractivity contribution in [1.82, 2.24) is 5.32 Å². The number of benzene rings is 1. The lowest BCUT2D eigenvalue weighted by Crippen LogP contribution is -2.40. The minimum Gasteiger partial charge on any atom is -0.491 e. The maximum atomic E-state index is 13.3. The van der Waals surface area contributed by atoms with Gasteiger partial charge in [0.15, 0.2) is 11.6 Å². The third-order valence-electron chi connectivity index (χ3n) is 3.18. The van der Waals surface area contributed by atoms with Crippen LogP contribution in [0.3, 0.4) is 0 Å². The fourth-order valence-corrected chi connectivity index (χ4v) is 1.94. The first kappa shape index (κ1) is 18.9. The number of rotatable bonds is 10. The molecule has 7 heteroatoms. The second kappa shape index (κ2) is 9.76. The third kappa shape index (κ3) is 7.08. The first-order valence-corrected chi connectivity index (χ1v) is 7.54. The predicted octanol–water partition coefficient (Wildman–Crippen LogP) is 2.88. The van der Waals surface area contributed by atoms with Crippen LogP contribution < -0.4 is 10.1 Å². The van der Waals surface area contributed by atoms with E-state index < -0.39 is 29.6 Å². The molecule has 1 aromatic carbocycles. The van der Waals surface area contributed by atoms with Crippen LogP contribution in [0.1, 0.15) is 39.0 Å². The molecule has 0 spiro atoms. The number of carbonyl (C=O) groups is 2. The normalized spacial score (nSPS) is 11.8. The number of nitrogens with one attached hydrogen (secondary N) is 1. The van der Waals surface area contributed by atoms with E-state index in [1.807, 2.05) is 6.92 Å². The number of carboxylic acids is 1. The highest BCUT2D eigenvalue weighted by atomic mass is 19.1. The molecule has 0 heterocycles. The van der Waals surface area contributed by atoms with Crippen molar-refractivity contribution >= 4 is 11.9 Å². The highest BCUT2D eigenvalue weighted by Crippen LogP contribution is 2.17. The van der Waals surface area contributed by atoms with Crippen molar-refractivity contribution in [2.45, 2.75) is 45.1 Å². The van der Waals surface area contributed by atoms with Crippen molar-refractivity contribution in [3.05, 3.63) is 29.8 Å². The molecule has 1 amide bonds. The van der Waals surface area contributed by atoms with E-state index in [1.165, 1.54) is 6.07 Å². The summed E-state index contributed by atoms with van der Waals surface area (Å²) in [4.78, 5) is 22.7. The minimum absolute atomic E-state index is 0.0682. The van der Waals surface area contributed by atoms with Crippen molar-refractivity contribution in [3.63, 3.8) is 0 Å². The first-order chi connectivity index (χ1) is 10.9. The van der Waals surface area contributed by atoms with E-state index in [9.17, 15) is 18.4 Å². The van der Waals surface area contributed by atoms with Gasteiger partial charge in [-0.2, -0.15) is 0 Å². The topological polar surface area (TPSA) is 75.6 Å². The Bertz CT molecular complexity index is 537. The molecule has 1 unspecified atom stereocenters. The van der Waals surface area contributed by atoms with Crippen molar-refractivity contribution < 1.29 is 28.2 Å². The van der Waals surface area contributed by atoms with Crippen molar-refractivity contribution in [2.75, 3.05) is 6.61 Å². The van der Waals surface area contributed by atoms with Crippen molar-refractivity contribution in [2.24, 2.45) is 0 Å². The first-order valence-electron chi connectivity index (χ1n) is 7.54. The molecule has 1 atom stereocenters. The fourth-order valence-electron chi connectivity index (χ4n) is 1.94. The average Bonchev–Trinajstić information content (AvgIpc) is 2.49. The van der Waals surface area contributed by atoms with Crippen LogP contribution >= 0.6 is 0 Å². The molecule has 1 rings (SSSR count). The zero-order chi connectivity index (χ0) is 17.2. The second-order valence-electron chi connectivity index (χ2n) is 5.13. The lowest BCUT2D eigenvalue weighted by atomic mass is 10.1. The molecular weight excluding hydrogens is 308 g/mol. The molecule has 2 N–H and O–H groups in total. The number of unbranched alkanes of at least 4 members (excludes halogenated alkanes) is 1. The summed E-state index contributed by atoms with van der Waals surface area (Å²) in [5.74, 6) is -3.03. The highest BCUT2D eigenvalue weighted by Gasteiger charge is 2.18. The van der Waals surface area contributed by atoms with Crippen molar-refractivity contribution in [3.8, 4) is 5.75 Å². The maximum absolute atomic E-state index is 13.3. The van der Waals surface area contributed by atoms with Gasteiger partial charge < -0.3 is 15.2 Å². The van der Waals surface area contributed by atoms with Gasteiger partial charge in [-0.05, 0) is 25.0 Å². The molecule has 0 aromatic heterocycles. The monoisotopic (exact) mass is 329 g/mol. The molecule has 0 aliphatic heterocycles. The summed E-state index contributed by atoms with van der Waals surface area (Å²) in [6.07, 6.45) is 2.30. The lowest BCUT2D eigenvalue weighted by Gasteiger charge is -2.14. The number of amides is 1. The van der Waals surface area contributed by atoms with Gasteiger partial charge in [0.1, 0.15) is 11.9 Å². The molecule has 5 nitrogen and oxygen atoms in total. The van der Waals surface area contributed by atoms with Crippen LogP contribution in [0.5, 0.6) is 5.75 Å². The number of aliphatic carboxylic acids is 1. The Morgan fingerprint density at radius 3 is 2.65 bits per heavy atom. The molecule has 0 saturated heterocycles. The van der Waals surface area contributed by atoms with Gasteiger partial charge in [-0.3, -0.25) is 4.79 Å². The SMILES string of the molecule is CCCCC(NC(=O)CCCOc1ccc(F)cc1F)C(=O)O. The molecule has 23 heavy (non-hydrogen) atoms. The number of hydrogen-bond donors (Lipinski definition) is 2. The zero-order valence-corrected chi connectivity index (χ0v) is 13.0. The zero-order valence-electron chi connectivity index (χ0n) is 13.0. The molecule has 0 radical (unpaired) electrons. The van der Waals surface area contributed by atoms with Gasteiger partial charge >= 0.3 is 5.97 Å². The summed E-state index contributed by atoms with van der Waals surface area (Å²) in [6.45, 7) is 2.01. The van der Waals surface area contributed by atoms with E-state index >= 15 is 0 Å². The summed E-state index contributed by atoms with van der Waals surface area (Å²) < 4.78 is 31.1. The number of ether oxygens (including phenoxy) is 1. The van der Waals surface area contributed by atoms with Crippen LogP contribution in [0.4, 0.5) is 8.78 Å². The summed E-state index contributed by atoms with van der Waals surface area (Å²) in [5.41, 5.74) is 0. The molecule has 0 saturated carbocycles. The summed E-state index contributed by atoms with van der Waals surface area (Å²) in [6, 6.07) is 2.08. The van der Waals surface area contributed by atoms with Gasteiger partial charge in [0.25, 0.3) is 0 Å². The van der Waals surface area contributed by atoms with Gasteiger partial charge in [-0.25, -0.2) is 13.6 Å². The van der Waals surface area contributed by atoms with Crippen LogP contribution in [-0.2, 0) is 9.59 Å². The van der Waals surface area contributed by atoms with E-state index in [1.54, 1.807) is 0 Å². The van der Waals surface area contributed by atoms with Crippen LogP contribution in [0, 0.1) is 11.6 Å². The Labute approximate surface area is 133 Å². The maximum Gasteiger partial charge on any atom is 0.326 e. The van der Waals surface area contributed by atoms with Crippen LogP contribution in [0.25, 0.3) is 0 Å². The molecule has 0 aliphatic carbocycles. The summed E-state index contributed by atoms with van der Waals surface area (Å²) >= 11 is 0. The van der Waals surface area contributed by atoms with Gasteiger partial charge in [0, 0.05) is 12.5 Å². The van der Waals surface area contributed by atoms with Crippen molar-refractivity contribution in [1.29, 1.82) is 0 Å². The van der Waals surface area contributed by atoms with Gasteiger partial charge in [0.05, 0.1) is 6.61 Å². The van der Waals surface area contributed by atoms with E-state index in [-0.39, 0.29) is 18.8 Å². The smallest absolute Gasteiger partial charge is 0.326 e. The third-order valence-corrected chi connectivity index (χ3v) is 3.18. The quantitative estimate of drug-likeness (QED) is 0.647. The molecule has 0 fully saturated rings. The summed E-state index contributed by atoms with van der Waals surface area (Å²) in [5, 5.41) is 11.5. The Morgan fingerprint density at radius 1 is 1.30 bits per heavy atom. The van der Waals surface area contributed by atoms with Gasteiger partial charge in [-0.15, -0.1) is 0 Å². The fraction of sp³-hybridized carbons (Fsp3) is 0.500. The standard InChI is InChI=1S/C16H21F2NO4/c1-2-3-5-13(16(21)22)19-15(20)6-4-9-23-14-8-7-11(17)10-12(14)18/h7-8,10,13H,2-6,9H2,1H3,(H,19,20)(H,21,22). The van der Waals surface area contributed by atoms with Gasteiger partial charge in [0.2, 0.25) is 5.91 Å². The number of carboxylic acid groups (broad SMARTS) is 1. The van der Waals surface area contributed by atoms with Crippen LogP contribution in [-0.4, -0.2) is 29.6 Å². The van der Waals surface area contributed by atoms with Crippen LogP contribution in [0.15, 0.2) is 18.2 Å². The molecular formula is C16H21F2NO4. The van der Waals surface area contributed by atoms with E-state index in [0.717, 1.165) is 12.5 Å². The van der Waals surface area contributed by atoms with E-state index in [4.69, 9.17) is 9.84 Å². The van der Waals surface area contributed by atoms with E-state index in [0.29, 0.717) is 25.3 Å². The molecule has 1 aromatic rings. The van der Waals surface area contributed by atoms with Crippen LogP contribution in [0.2, 0.25) is 0 Å². The largest absolute Gasteiger partial charge is 0.491 e. The molecule has 0 aliphatic rings. The number of carbonyl (C=O) groups excluding carboxylic acids is 1. The lowest BCUT2D eigenvalue weighted by molar-refractivity contribution is -0.142. The minimum atomic E-state index is -1.06. The Kier molecular flexibility index (Phi) is 8.01. The number of hydrogen-bond acceptors (Lipinski definition) is 3. The van der Waals surface area contributed by atoms with Gasteiger partial charge in [-0.1, -0.05) is 19.8 Å². The summed E-state index contributed by atoms with van der Waals surface area (Å²) in [7, 11) is 0. The number of halogens is 2. The highest BCUT2D eigenvalue weighted by molar-refractivity contribution is 5.83. The Morgan fingerprint density at radius 2 is 2.04 bits per heavy atom. The van der Waals surface area contributed by atoms with E-state index in [2.05, 4.69) is 5.32 Å². The average molecular weight is 329 g/mol. The Balaban J connectivity index is 2.31. The molecule has 0 bridgehead atoms. The predicted molar refractivity (Wildman–Crippen MR) is 80.2 cm³/mol. The Hall–Kier alpha value is -2.18. The second-order valence-corrected chi connectivity index (χ2v) is 5.13. The molecule has 128 valence electrons.